The van der Waals surface area contributed by atoms with Gasteiger partial charge in [0.2, 0.25) is 11.8 Å². The molecule has 0 fully saturated rings. The minimum Gasteiger partial charge on any atom is -0.456 e. The molecular weight excluding hydrogens is 1150 g/mol. The topological polar surface area (TPSA) is 104 Å². The van der Waals surface area contributed by atoms with Gasteiger partial charge in [-0.05, 0) is 133 Å². The molecule has 2 aliphatic rings. The van der Waals surface area contributed by atoms with E-state index < -0.39 is 10.8 Å². The summed E-state index contributed by atoms with van der Waals surface area (Å²) in [6.45, 7) is 0. The Morgan fingerprint density at radius 1 is 0.245 bits per heavy atom. The molecule has 0 N–H and O–H groups in total. The van der Waals surface area contributed by atoms with Crippen molar-refractivity contribution in [3.8, 4) is 67.7 Å². The third-order valence-corrected chi connectivity index (χ3v) is 19.3. The Bertz CT molecular complexity index is 5560. The van der Waals surface area contributed by atoms with E-state index in [0.717, 1.165) is 122 Å². The summed E-state index contributed by atoms with van der Waals surface area (Å²) in [6.07, 6.45) is 3.81. The largest absolute Gasteiger partial charge is 0.456 e. The van der Waals surface area contributed by atoms with Crippen LogP contribution in [0, 0.1) is 0 Å². The van der Waals surface area contributed by atoms with Crippen molar-refractivity contribution in [3.05, 3.63) is 360 Å². The Labute approximate surface area is 539 Å². The van der Waals surface area contributed by atoms with Crippen LogP contribution in [0.4, 0.5) is 0 Å². The lowest BCUT2D eigenvalue weighted by Gasteiger charge is -2.34. The average Bonchev–Trinajstić information content (AvgIpc) is 1.53. The van der Waals surface area contributed by atoms with Gasteiger partial charge in [-0.3, -0.25) is 9.97 Å². The second kappa shape index (κ2) is 21.0. The molecule has 94 heavy (non-hydrogen) atoms. The van der Waals surface area contributed by atoms with Crippen molar-refractivity contribution >= 4 is 66.1 Å². The number of para-hydroxylation sites is 2. The first-order valence-corrected chi connectivity index (χ1v) is 31.6. The van der Waals surface area contributed by atoms with Gasteiger partial charge in [0, 0.05) is 68.3 Å². The van der Waals surface area contributed by atoms with Gasteiger partial charge in [-0.15, -0.1) is 0 Å². The zero-order valence-corrected chi connectivity index (χ0v) is 50.4. The van der Waals surface area contributed by atoms with E-state index in [1.54, 1.807) is 0 Å². The number of aromatic nitrogens is 4. The predicted octanol–water partition coefficient (Wildman–Crippen LogP) is 21.6. The van der Waals surface area contributed by atoms with E-state index >= 15 is 0 Å². The molecule has 18 aromatic rings. The fourth-order valence-electron chi connectivity index (χ4n) is 15.1. The number of rotatable bonds is 8. The fourth-order valence-corrected chi connectivity index (χ4v) is 15.1. The lowest BCUT2D eigenvalue weighted by atomic mass is 9.67. The maximum absolute atomic E-state index is 6.38. The third kappa shape index (κ3) is 8.12. The SMILES string of the molecule is c1ccc(C2(c3ccccc3)c3ccccc3-c3ccc(-c4cccc(-c5nc6cc7oc8ccccc8c7cc6o5)c4)cc32)cc1.c1ccc(C2(c3ccccc3)c3cccnc3-c3ncc(-c4cccc(-c5nc6cc7oc8ccccc8c7cc6o5)c4)cc32)cc1. The number of fused-ring (bicyclic) bond motifs is 14. The van der Waals surface area contributed by atoms with Crippen molar-refractivity contribution in [2.24, 2.45) is 0 Å². The van der Waals surface area contributed by atoms with Crippen LogP contribution in [0.2, 0.25) is 0 Å². The maximum atomic E-state index is 6.38. The van der Waals surface area contributed by atoms with Gasteiger partial charge in [-0.25, -0.2) is 9.97 Å². The molecule has 6 heterocycles. The Morgan fingerprint density at radius 3 is 1.24 bits per heavy atom. The number of pyridine rings is 2. The summed E-state index contributed by atoms with van der Waals surface area (Å²) in [5.74, 6) is 1.16. The van der Waals surface area contributed by atoms with Crippen LogP contribution in [0.1, 0.15) is 44.5 Å². The van der Waals surface area contributed by atoms with Crippen molar-refractivity contribution in [1.82, 2.24) is 19.9 Å². The second-order valence-electron chi connectivity index (χ2n) is 24.3. The molecule has 20 rings (SSSR count). The molecule has 0 bridgehead atoms. The van der Waals surface area contributed by atoms with Gasteiger partial charge in [0.25, 0.3) is 0 Å². The van der Waals surface area contributed by atoms with Crippen LogP contribution in [0.15, 0.2) is 333 Å². The van der Waals surface area contributed by atoms with Crippen LogP contribution in [0.25, 0.3) is 134 Å². The molecule has 8 heteroatoms. The van der Waals surface area contributed by atoms with E-state index in [4.69, 9.17) is 37.6 Å². The highest BCUT2D eigenvalue weighted by molar-refractivity contribution is 6.10. The summed E-state index contributed by atoms with van der Waals surface area (Å²) in [5.41, 5.74) is 25.5. The van der Waals surface area contributed by atoms with Crippen molar-refractivity contribution in [3.63, 3.8) is 0 Å². The number of benzene rings is 12. The van der Waals surface area contributed by atoms with Gasteiger partial charge in [-0.2, -0.15) is 0 Å². The molecule has 440 valence electrons. The van der Waals surface area contributed by atoms with Gasteiger partial charge in [-0.1, -0.05) is 224 Å². The van der Waals surface area contributed by atoms with Crippen LogP contribution < -0.4 is 0 Å². The predicted molar refractivity (Wildman–Crippen MR) is 375 cm³/mol. The molecule has 0 spiro atoms. The summed E-state index contributed by atoms with van der Waals surface area (Å²) < 4.78 is 25.0. The lowest BCUT2D eigenvalue weighted by Crippen LogP contribution is -2.28. The smallest absolute Gasteiger partial charge is 0.227 e. The molecule has 12 aromatic carbocycles. The number of furan rings is 2. The minimum atomic E-state index is -0.566. The van der Waals surface area contributed by atoms with Crippen LogP contribution in [-0.4, -0.2) is 19.9 Å². The first-order valence-electron chi connectivity index (χ1n) is 31.6. The van der Waals surface area contributed by atoms with Crippen LogP contribution in [0.5, 0.6) is 0 Å². The molecule has 0 radical (unpaired) electrons. The van der Waals surface area contributed by atoms with Crippen LogP contribution in [-0.2, 0) is 10.8 Å². The average molecular weight is 1210 g/mol. The summed E-state index contributed by atoms with van der Waals surface area (Å²) in [7, 11) is 0. The first kappa shape index (κ1) is 53.3. The van der Waals surface area contributed by atoms with Gasteiger partial charge >= 0.3 is 0 Å². The van der Waals surface area contributed by atoms with E-state index in [2.05, 4.69) is 224 Å². The van der Waals surface area contributed by atoms with E-state index in [-0.39, 0.29) is 0 Å². The van der Waals surface area contributed by atoms with Crippen molar-refractivity contribution in [2.75, 3.05) is 0 Å². The Kier molecular flexibility index (Phi) is 11.9. The summed E-state index contributed by atoms with van der Waals surface area (Å²) >= 11 is 0. The second-order valence-corrected chi connectivity index (χ2v) is 24.3. The van der Waals surface area contributed by atoms with E-state index in [9.17, 15) is 0 Å². The van der Waals surface area contributed by atoms with Crippen molar-refractivity contribution < 1.29 is 17.7 Å². The molecule has 6 aromatic heterocycles. The summed E-state index contributed by atoms with van der Waals surface area (Å²) in [4.78, 5) is 19.7. The Balaban J connectivity index is 0.000000133. The van der Waals surface area contributed by atoms with Crippen LogP contribution >= 0.6 is 0 Å². The van der Waals surface area contributed by atoms with Gasteiger partial charge < -0.3 is 17.7 Å². The third-order valence-electron chi connectivity index (χ3n) is 19.3. The number of hydrogen-bond donors (Lipinski definition) is 0. The number of hydrogen-bond acceptors (Lipinski definition) is 8. The molecule has 0 amide bonds. The Hall–Kier alpha value is -12.5. The van der Waals surface area contributed by atoms with Gasteiger partial charge in [0.15, 0.2) is 11.2 Å². The normalized spacial score (nSPS) is 13.3. The van der Waals surface area contributed by atoms with E-state index in [0.29, 0.717) is 11.8 Å². The van der Waals surface area contributed by atoms with Crippen molar-refractivity contribution in [2.45, 2.75) is 10.8 Å². The first-order chi connectivity index (χ1) is 46.5. The highest BCUT2D eigenvalue weighted by atomic mass is 16.4. The molecule has 8 nitrogen and oxygen atoms in total. The zero-order valence-electron chi connectivity index (χ0n) is 50.4. The van der Waals surface area contributed by atoms with E-state index in [1.165, 1.54) is 44.5 Å². The molecule has 0 unspecified atom stereocenters. The highest BCUT2D eigenvalue weighted by Gasteiger charge is 2.49. The molecule has 0 saturated heterocycles. The molecule has 2 aliphatic carbocycles. The van der Waals surface area contributed by atoms with Gasteiger partial charge in [0.1, 0.15) is 33.4 Å². The molecule has 0 atom stereocenters. The standard InChI is InChI=1S/C44H27NO2.C42H25N3O2/c1-3-14-31(15-4-1)44(32-16-5-2-6-17-32)37-20-9-7-18-33(37)34-23-22-29(25-38(34)44)28-12-11-13-30(24-28)43-45-39-27-41-36(26-42(39)47-43)35-19-8-10-21-40(35)46-41;1-3-13-29(14-4-1)42(30-15-5-2-6-16-30)33-18-10-20-43-39(33)40-34(42)22-28(25-44-40)26-11-9-12-27(21-26)41-45-35-24-37-32(23-38(35)47-41)31-17-7-8-19-36(31)46-37/h1-27H;1-25H. The maximum Gasteiger partial charge on any atom is 0.227 e. The number of oxazole rings is 2. The Morgan fingerprint density at radius 2 is 0.681 bits per heavy atom. The van der Waals surface area contributed by atoms with Crippen LogP contribution in [0.3, 0.4) is 0 Å². The lowest BCUT2D eigenvalue weighted by molar-refractivity contribution is 0.619. The quantitative estimate of drug-likeness (QED) is 0.148. The molecule has 0 saturated carbocycles. The summed E-state index contributed by atoms with van der Waals surface area (Å²) in [5, 5.41) is 4.19. The number of nitrogens with zero attached hydrogens (tertiary/aromatic N) is 4. The fraction of sp³-hybridized carbons (Fsp3) is 0.0233. The zero-order chi connectivity index (χ0) is 61.9. The van der Waals surface area contributed by atoms with Crippen molar-refractivity contribution in [1.29, 1.82) is 0 Å². The van der Waals surface area contributed by atoms with E-state index in [1.807, 2.05) is 91.3 Å². The molecule has 0 aliphatic heterocycles. The van der Waals surface area contributed by atoms with Gasteiger partial charge in [0.05, 0.1) is 22.2 Å². The minimum absolute atomic E-state index is 0.441. The highest BCUT2D eigenvalue weighted by Crippen LogP contribution is 2.58. The molecular formula is C86H52N4O4. The monoisotopic (exact) mass is 1200 g/mol. The summed E-state index contributed by atoms with van der Waals surface area (Å²) in [6, 6.07) is 106.